The van der Waals surface area contributed by atoms with Crippen molar-refractivity contribution in [1.82, 2.24) is 10.6 Å². The summed E-state index contributed by atoms with van der Waals surface area (Å²) in [5, 5.41) is 18.4. The highest BCUT2D eigenvalue weighted by Crippen LogP contribution is 2.31. The van der Waals surface area contributed by atoms with E-state index in [4.69, 9.17) is 4.74 Å². The minimum atomic E-state index is -1.15. The lowest BCUT2D eigenvalue weighted by Crippen LogP contribution is -2.52. The monoisotopic (exact) mass is 497 g/mol. The normalized spacial score (nSPS) is 19.2. The van der Waals surface area contributed by atoms with E-state index in [0.717, 1.165) is 33.2 Å². The summed E-state index contributed by atoms with van der Waals surface area (Å²) in [5.74, 6) is 5.76. The molecule has 3 N–H and O–H groups in total. The van der Waals surface area contributed by atoms with Gasteiger partial charge in [-0.15, -0.1) is 0 Å². The quantitative estimate of drug-likeness (QED) is 0.472. The van der Waals surface area contributed by atoms with Gasteiger partial charge in [0.25, 0.3) is 0 Å². The number of aryl methyl sites for hydroxylation is 1. The van der Waals surface area contributed by atoms with Crippen LogP contribution in [0.3, 0.4) is 0 Å². The largest absolute Gasteiger partial charge is 0.373 e. The Morgan fingerprint density at radius 2 is 1.92 bits per heavy atom. The van der Waals surface area contributed by atoms with Gasteiger partial charge in [-0.3, -0.25) is 9.59 Å². The van der Waals surface area contributed by atoms with Gasteiger partial charge in [0.2, 0.25) is 11.8 Å². The number of carbonyl (C=O) groups is 2. The number of hydrogen-bond donors (Lipinski definition) is 3. The topological polar surface area (TPSA) is 90.9 Å². The van der Waals surface area contributed by atoms with Gasteiger partial charge in [0.05, 0.1) is 25.8 Å². The van der Waals surface area contributed by atoms with Crippen LogP contribution in [0, 0.1) is 11.8 Å². The first-order valence-electron chi connectivity index (χ1n) is 12.6. The number of ether oxygens (including phenoxy) is 1. The summed E-state index contributed by atoms with van der Waals surface area (Å²) in [7, 11) is 1.72. The third-order valence-electron chi connectivity index (χ3n) is 7.16. The smallest absolute Gasteiger partial charge is 0.249 e. The van der Waals surface area contributed by atoms with Gasteiger partial charge in [0.15, 0.2) is 5.60 Å². The van der Waals surface area contributed by atoms with Crippen LogP contribution >= 0.6 is 0 Å². The van der Waals surface area contributed by atoms with Gasteiger partial charge < -0.3 is 25.4 Å². The number of para-hydroxylation sites is 1. The minimum absolute atomic E-state index is 0.153. The second kappa shape index (κ2) is 10.3. The molecule has 5 rings (SSSR count). The van der Waals surface area contributed by atoms with Crippen molar-refractivity contribution >= 4 is 28.3 Å². The molecule has 2 aliphatic rings. The summed E-state index contributed by atoms with van der Waals surface area (Å²) in [6.45, 7) is 2.43. The van der Waals surface area contributed by atoms with Gasteiger partial charge in [-0.25, -0.2) is 0 Å². The molecule has 3 aromatic carbocycles. The van der Waals surface area contributed by atoms with Crippen LogP contribution in [0.4, 0.5) is 5.69 Å². The Labute approximate surface area is 216 Å². The van der Waals surface area contributed by atoms with Gasteiger partial charge in [-0.1, -0.05) is 60.4 Å². The van der Waals surface area contributed by atoms with Crippen molar-refractivity contribution in [3.8, 4) is 11.8 Å². The average molecular weight is 498 g/mol. The molecular formula is C30H31N3O4. The first-order chi connectivity index (χ1) is 17.9. The summed E-state index contributed by atoms with van der Waals surface area (Å²) >= 11 is 0. The number of aliphatic hydroxyl groups is 1. The number of amides is 2. The van der Waals surface area contributed by atoms with Crippen molar-refractivity contribution in [2.24, 2.45) is 0 Å². The number of rotatable bonds is 5. The lowest BCUT2D eigenvalue weighted by atomic mass is 9.96. The Kier molecular flexibility index (Phi) is 6.98. The highest BCUT2D eigenvalue weighted by Gasteiger charge is 2.35. The fraction of sp³-hybridized carbons (Fsp3) is 0.333. The first-order valence-corrected chi connectivity index (χ1v) is 12.6. The van der Waals surface area contributed by atoms with E-state index in [1.807, 2.05) is 60.7 Å². The van der Waals surface area contributed by atoms with Crippen molar-refractivity contribution in [2.45, 2.75) is 44.0 Å². The van der Waals surface area contributed by atoms with E-state index in [1.54, 1.807) is 18.9 Å². The summed E-state index contributed by atoms with van der Waals surface area (Å²) in [6.07, 6.45) is 1.19. The zero-order valence-corrected chi connectivity index (χ0v) is 21.1. The molecule has 2 unspecified atom stereocenters. The number of benzene rings is 3. The Hall–Kier alpha value is -3.70. The number of nitrogens with one attached hydrogen (secondary N) is 2. The maximum absolute atomic E-state index is 14.0. The lowest BCUT2D eigenvalue weighted by molar-refractivity contribution is -0.140. The Morgan fingerprint density at radius 3 is 2.68 bits per heavy atom. The molecule has 1 fully saturated rings. The maximum Gasteiger partial charge on any atom is 0.249 e. The van der Waals surface area contributed by atoms with Crippen molar-refractivity contribution in [3.05, 3.63) is 77.4 Å². The second-order valence-corrected chi connectivity index (χ2v) is 9.75. The van der Waals surface area contributed by atoms with Gasteiger partial charge in [-0.05, 0) is 60.8 Å². The number of nitrogens with zero attached hydrogens (tertiary/aromatic N) is 1. The van der Waals surface area contributed by atoms with Crippen molar-refractivity contribution < 1.29 is 19.4 Å². The van der Waals surface area contributed by atoms with Crippen LogP contribution in [0.25, 0.3) is 10.8 Å². The van der Waals surface area contributed by atoms with Crippen LogP contribution in [0.15, 0.2) is 60.7 Å². The summed E-state index contributed by atoms with van der Waals surface area (Å²) in [4.78, 5) is 28.4. The zero-order valence-electron chi connectivity index (χ0n) is 21.1. The minimum Gasteiger partial charge on any atom is -0.373 e. The number of hydrogen-bond acceptors (Lipinski definition) is 5. The SMILES string of the molecule is CNC(C)C(=O)NC1CCc2ccccc2N(Cc2c(C#CC3(O)COC3)ccc3ccccc23)C1=O. The number of carbonyl (C=O) groups excluding carboxylic acids is 2. The maximum atomic E-state index is 14.0. The predicted molar refractivity (Wildman–Crippen MR) is 143 cm³/mol. The van der Waals surface area contributed by atoms with Crippen molar-refractivity contribution in [3.63, 3.8) is 0 Å². The molecule has 0 bridgehead atoms. The summed E-state index contributed by atoms with van der Waals surface area (Å²) in [6, 6.07) is 18.8. The third-order valence-corrected chi connectivity index (χ3v) is 7.16. The van der Waals surface area contributed by atoms with E-state index in [1.165, 1.54) is 0 Å². The highest BCUT2D eigenvalue weighted by atomic mass is 16.5. The predicted octanol–water partition coefficient (Wildman–Crippen LogP) is 2.52. The molecule has 190 valence electrons. The molecule has 0 aliphatic carbocycles. The molecule has 2 aliphatic heterocycles. The molecule has 7 nitrogen and oxygen atoms in total. The van der Waals surface area contributed by atoms with E-state index in [0.29, 0.717) is 12.8 Å². The molecule has 2 atom stereocenters. The van der Waals surface area contributed by atoms with Crippen LogP contribution in [0.1, 0.15) is 30.0 Å². The molecule has 2 amide bonds. The fourth-order valence-corrected chi connectivity index (χ4v) is 4.77. The van der Waals surface area contributed by atoms with Gasteiger partial charge in [0, 0.05) is 11.3 Å². The molecule has 2 heterocycles. The van der Waals surface area contributed by atoms with Crippen LogP contribution < -0.4 is 15.5 Å². The molecule has 1 saturated heterocycles. The summed E-state index contributed by atoms with van der Waals surface area (Å²) in [5.41, 5.74) is 2.39. The van der Waals surface area contributed by atoms with E-state index >= 15 is 0 Å². The molecule has 0 spiro atoms. The molecule has 7 heteroatoms. The summed E-state index contributed by atoms with van der Waals surface area (Å²) < 4.78 is 5.14. The van der Waals surface area contributed by atoms with Crippen molar-refractivity contribution in [2.75, 3.05) is 25.2 Å². The first kappa shape index (κ1) is 25.0. The van der Waals surface area contributed by atoms with Crippen LogP contribution in [0.2, 0.25) is 0 Å². The molecule has 0 radical (unpaired) electrons. The second-order valence-electron chi connectivity index (χ2n) is 9.75. The Bertz CT molecular complexity index is 1400. The van der Waals surface area contributed by atoms with Crippen LogP contribution in [-0.4, -0.2) is 54.9 Å². The Balaban J connectivity index is 1.57. The van der Waals surface area contributed by atoms with Gasteiger partial charge in [0.1, 0.15) is 6.04 Å². The number of likely N-dealkylation sites (N-methyl/N-ethyl adjacent to an activating group) is 1. The molecular weight excluding hydrogens is 466 g/mol. The Morgan fingerprint density at radius 1 is 1.16 bits per heavy atom. The van der Waals surface area contributed by atoms with Gasteiger partial charge in [-0.2, -0.15) is 0 Å². The van der Waals surface area contributed by atoms with Crippen LogP contribution in [0.5, 0.6) is 0 Å². The standard InChI is InChI=1S/C30H31N3O4/c1-20(31-2)28(34)32-26-14-13-23-8-4-6-10-27(23)33(29(26)35)17-25-22(15-16-30(36)18-37-19-30)12-11-21-7-3-5-9-24(21)25/h3-12,20,26,31,36H,13-14,17-19H2,1-2H3,(H,32,34). The third kappa shape index (κ3) is 5.09. The van der Waals surface area contributed by atoms with Crippen molar-refractivity contribution in [1.29, 1.82) is 0 Å². The number of fused-ring (bicyclic) bond motifs is 2. The molecule has 37 heavy (non-hydrogen) atoms. The average Bonchev–Trinajstić information content (AvgIpc) is 3.03. The number of anilines is 1. The van der Waals surface area contributed by atoms with Gasteiger partial charge >= 0.3 is 0 Å². The zero-order chi connectivity index (χ0) is 26.0. The van der Waals surface area contributed by atoms with Crippen LogP contribution in [-0.2, 0) is 27.3 Å². The lowest BCUT2D eigenvalue weighted by Gasteiger charge is -2.31. The highest BCUT2D eigenvalue weighted by molar-refractivity contribution is 6.01. The fourth-order valence-electron chi connectivity index (χ4n) is 4.77. The molecule has 0 aromatic heterocycles. The van der Waals surface area contributed by atoms with E-state index in [2.05, 4.69) is 22.5 Å². The molecule has 0 saturated carbocycles. The van der Waals surface area contributed by atoms with E-state index in [-0.39, 0.29) is 31.6 Å². The molecule has 3 aromatic rings. The van der Waals surface area contributed by atoms with E-state index < -0.39 is 17.7 Å². The van der Waals surface area contributed by atoms with E-state index in [9.17, 15) is 14.7 Å².